The molecule has 7 heteroatoms. The van der Waals surface area contributed by atoms with E-state index >= 15 is 17.6 Å². The molecule has 8 aromatic rings. The fraction of sp³-hybridized carbons (Fsp3) is 0.321. The van der Waals surface area contributed by atoms with Crippen molar-refractivity contribution in [1.29, 1.82) is 0 Å². The second-order valence-electron chi connectivity index (χ2n) is 20.7. The monoisotopic (exact) mass is 812 g/mol. The van der Waals surface area contributed by atoms with Gasteiger partial charge in [0, 0.05) is 21.5 Å². The Balaban J connectivity index is 1.59. The van der Waals surface area contributed by atoms with E-state index in [0.717, 1.165) is 54.7 Å². The van der Waals surface area contributed by atoms with Crippen LogP contribution in [0.1, 0.15) is 111 Å². The average Bonchev–Trinajstić information content (AvgIpc) is 3.66. The second kappa shape index (κ2) is 13.5. The van der Waals surface area contributed by atoms with E-state index in [1.165, 1.54) is 11.1 Å². The molecule has 0 radical (unpaired) electrons. The molecule has 2 nitrogen and oxygen atoms in total. The Morgan fingerprint density at radius 1 is 0.350 bits per heavy atom. The summed E-state index contributed by atoms with van der Waals surface area (Å²) in [6.45, 7) is 27.8. The molecule has 2 aromatic heterocycles. The third kappa shape index (κ3) is 6.51. The average molecular weight is 813 g/mol. The molecule has 0 unspecified atom stereocenters. The predicted molar refractivity (Wildman–Crippen MR) is 240 cm³/mol. The summed E-state index contributed by atoms with van der Waals surface area (Å²) in [6, 6.07) is 29.2. The summed E-state index contributed by atoms with van der Waals surface area (Å²) in [4.78, 5) is 0. The number of aromatic nitrogens is 2. The molecule has 0 spiro atoms. The molecule has 0 aliphatic carbocycles. The Morgan fingerprint density at radius 2 is 0.617 bits per heavy atom. The van der Waals surface area contributed by atoms with E-state index in [9.17, 15) is 4.39 Å². The zero-order chi connectivity index (χ0) is 43.8. The molecule has 310 valence electrons. The van der Waals surface area contributed by atoms with Gasteiger partial charge in [-0.1, -0.05) is 107 Å². The first-order valence-electron chi connectivity index (χ1n) is 20.6. The van der Waals surface area contributed by atoms with E-state index in [-0.39, 0.29) is 27.2 Å². The quantitative estimate of drug-likeness (QED) is 0.0955. The van der Waals surface area contributed by atoms with Crippen molar-refractivity contribution in [3.05, 3.63) is 142 Å². The van der Waals surface area contributed by atoms with Crippen molar-refractivity contribution < 1.29 is 22.0 Å². The van der Waals surface area contributed by atoms with Crippen LogP contribution in [0.5, 0.6) is 0 Å². The highest BCUT2D eigenvalue weighted by molar-refractivity contribution is 6.12. The number of nitrogens with zero attached hydrogens (tertiary/aromatic N) is 2. The number of hydrogen-bond donors (Lipinski definition) is 0. The zero-order valence-corrected chi connectivity index (χ0v) is 36.9. The fourth-order valence-corrected chi connectivity index (χ4v) is 8.58. The summed E-state index contributed by atoms with van der Waals surface area (Å²) >= 11 is 0. The van der Waals surface area contributed by atoms with Gasteiger partial charge in [0.05, 0.1) is 39.0 Å². The first kappa shape index (κ1) is 41.3. The van der Waals surface area contributed by atoms with Gasteiger partial charge in [0.2, 0.25) is 5.82 Å². The summed E-state index contributed by atoms with van der Waals surface area (Å²) in [5.74, 6) is -9.91. The highest BCUT2D eigenvalue weighted by Gasteiger charge is 2.31. The van der Waals surface area contributed by atoms with Crippen LogP contribution in [-0.4, -0.2) is 9.13 Å². The minimum Gasteiger partial charge on any atom is -0.307 e. The van der Waals surface area contributed by atoms with E-state index in [2.05, 4.69) is 165 Å². The highest BCUT2D eigenvalue weighted by Crippen LogP contribution is 2.45. The molecule has 0 saturated carbocycles. The lowest BCUT2D eigenvalue weighted by Crippen LogP contribution is -2.11. The van der Waals surface area contributed by atoms with Gasteiger partial charge in [-0.05, 0) is 123 Å². The number of benzene rings is 6. The lowest BCUT2D eigenvalue weighted by Gasteiger charge is -2.22. The Bertz CT molecular complexity index is 2910. The molecule has 2 heterocycles. The van der Waals surface area contributed by atoms with Crippen LogP contribution >= 0.6 is 0 Å². The molecule has 0 N–H and O–H groups in total. The van der Waals surface area contributed by atoms with Crippen molar-refractivity contribution in [2.24, 2.45) is 0 Å². The van der Waals surface area contributed by atoms with Crippen LogP contribution in [0.15, 0.2) is 84.9 Å². The SMILES string of the molecule is Cc1cc(-n2c3ccc(C(C)(C)C)cc3c3cc(C(C)(C)C)ccc32)c(-n2c3ccc(C(C)(C)C)cc3c3cc(C(C)(C)C)ccc32)cc1-c1c(F)c(F)c(F)c(F)c1F. The number of aryl methyl sites for hydroxylation is 1. The number of halogens is 5. The molecule has 8 rings (SSSR count). The molecule has 0 amide bonds. The highest BCUT2D eigenvalue weighted by atomic mass is 19.2. The van der Waals surface area contributed by atoms with Crippen molar-refractivity contribution in [3.8, 4) is 22.5 Å². The Labute approximate surface area is 349 Å². The van der Waals surface area contributed by atoms with Crippen LogP contribution in [-0.2, 0) is 21.7 Å². The van der Waals surface area contributed by atoms with Crippen LogP contribution in [0, 0.1) is 36.0 Å². The maximum atomic E-state index is 15.9. The van der Waals surface area contributed by atoms with Crippen LogP contribution in [0.2, 0.25) is 0 Å². The number of hydrogen-bond acceptors (Lipinski definition) is 0. The minimum absolute atomic E-state index is 0.0972. The van der Waals surface area contributed by atoms with Crippen molar-refractivity contribution in [1.82, 2.24) is 9.13 Å². The van der Waals surface area contributed by atoms with Crippen molar-refractivity contribution in [2.75, 3.05) is 0 Å². The van der Waals surface area contributed by atoms with Crippen LogP contribution in [0.25, 0.3) is 66.1 Å². The van der Waals surface area contributed by atoms with E-state index < -0.39 is 34.6 Å². The first-order chi connectivity index (χ1) is 27.8. The topological polar surface area (TPSA) is 9.86 Å². The zero-order valence-electron chi connectivity index (χ0n) is 36.9. The van der Waals surface area contributed by atoms with Gasteiger partial charge in [-0.25, -0.2) is 22.0 Å². The third-order valence-corrected chi connectivity index (χ3v) is 12.3. The second-order valence-corrected chi connectivity index (χ2v) is 20.7. The standard InChI is InChI=1S/C53H53F5N2/c1-28-22-42(59-38-18-14-29(50(2,3)4)23-34(38)35-24-30(51(5,6)7)15-19-39(35)59)43(27-33(28)44-45(54)47(56)49(58)48(57)46(44)55)60-40-20-16-31(52(8,9)10)25-36(40)37-26-32(53(11,12)13)17-21-41(37)60/h14-27H,1-13H3. The lowest BCUT2D eigenvalue weighted by atomic mass is 9.85. The molecular weight excluding hydrogens is 760 g/mol. The summed E-state index contributed by atoms with van der Waals surface area (Å²) in [7, 11) is 0. The van der Waals surface area contributed by atoms with Crippen LogP contribution in [0.3, 0.4) is 0 Å². The smallest absolute Gasteiger partial charge is 0.200 e. The molecule has 6 aromatic carbocycles. The van der Waals surface area contributed by atoms with Gasteiger partial charge in [0.25, 0.3) is 0 Å². The van der Waals surface area contributed by atoms with Gasteiger partial charge in [0.1, 0.15) is 0 Å². The summed E-state index contributed by atoms with van der Waals surface area (Å²) in [6.07, 6.45) is 0. The van der Waals surface area contributed by atoms with Crippen molar-refractivity contribution >= 4 is 43.6 Å². The van der Waals surface area contributed by atoms with E-state index in [4.69, 9.17) is 0 Å². The maximum absolute atomic E-state index is 15.9. The molecule has 0 aliphatic rings. The van der Waals surface area contributed by atoms with Crippen LogP contribution in [0.4, 0.5) is 22.0 Å². The molecule has 0 saturated heterocycles. The maximum Gasteiger partial charge on any atom is 0.200 e. The summed E-state index contributed by atoms with van der Waals surface area (Å²) < 4.78 is 80.5. The number of fused-ring (bicyclic) bond motifs is 6. The van der Waals surface area contributed by atoms with Gasteiger partial charge in [-0.15, -0.1) is 0 Å². The van der Waals surface area contributed by atoms with Crippen LogP contribution < -0.4 is 0 Å². The Hall–Kier alpha value is -5.43. The molecule has 0 bridgehead atoms. The Morgan fingerprint density at radius 3 is 0.900 bits per heavy atom. The molecular formula is C53H53F5N2. The lowest BCUT2D eigenvalue weighted by molar-refractivity contribution is 0.381. The van der Waals surface area contributed by atoms with E-state index in [0.29, 0.717) is 16.9 Å². The predicted octanol–water partition coefficient (Wildman–Crippen LogP) is 15.7. The molecule has 0 fully saturated rings. The molecule has 60 heavy (non-hydrogen) atoms. The third-order valence-electron chi connectivity index (χ3n) is 12.3. The van der Waals surface area contributed by atoms with Crippen molar-refractivity contribution in [3.63, 3.8) is 0 Å². The van der Waals surface area contributed by atoms with Crippen molar-refractivity contribution in [2.45, 2.75) is 112 Å². The summed E-state index contributed by atoms with van der Waals surface area (Å²) in [5, 5.41) is 4.06. The number of rotatable bonds is 3. The van der Waals surface area contributed by atoms with Gasteiger partial charge in [-0.3, -0.25) is 0 Å². The first-order valence-corrected chi connectivity index (χ1v) is 20.6. The minimum atomic E-state index is -2.19. The van der Waals surface area contributed by atoms with Gasteiger partial charge in [0.15, 0.2) is 23.3 Å². The van der Waals surface area contributed by atoms with Gasteiger partial charge >= 0.3 is 0 Å². The van der Waals surface area contributed by atoms with E-state index in [1.54, 1.807) is 13.0 Å². The fourth-order valence-electron chi connectivity index (χ4n) is 8.58. The van der Waals surface area contributed by atoms with Gasteiger partial charge in [-0.2, -0.15) is 0 Å². The summed E-state index contributed by atoms with van der Waals surface area (Å²) in [5.41, 5.74) is 7.98. The van der Waals surface area contributed by atoms with E-state index in [1.807, 2.05) is 6.07 Å². The normalized spacial score (nSPS) is 13.2. The largest absolute Gasteiger partial charge is 0.307 e. The molecule has 0 atom stereocenters. The molecule has 0 aliphatic heterocycles. The Kier molecular flexibility index (Phi) is 9.32. The van der Waals surface area contributed by atoms with Gasteiger partial charge < -0.3 is 9.13 Å².